The van der Waals surface area contributed by atoms with Gasteiger partial charge >= 0.3 is 0 Å². The van der Waals surface area contributed by atoms with Crippen LogP contribution in [-0.4, -0.2) is 0 Å². The Kier molecular flexibility index (Phi) is 2.49. The van der Waals surface area contributed by atoms with Crippen molar-refractivity contribution in [3.63, 3.8) is 0 Å². The molecule has 0 unspecified atom stereocenters. The highest BCUT2D eigenvalue weighted by atomic mass is 19.1. The third kappa shape index (κ3) is 1.77. The van der Waals surface area contributed by atoms with Crippen molar-refractivity contribution in [2.24, 2.45) is 0 Å². The van der Waals surface area contributed by atoms with Crippen LogP contribution in [0.4, 0.5) is 4.39 Å². The van der Waals surface area contributed by atoms with Gasteiger partial charge in [-0.2, -0.15) is 0 Å². The molecule has 1 aromatic carbocycles. The third-order valence-corrected chi connectivity index (χ3v) is 2.58. The van der Waals surface area contributed by atoms with Gasteiger partial charge in [-0.1, -0.05) is 36.8 Å². The van der Waals surface area contributed by atoms with Crippen LogP contribution in [0.2, 0.25) is 0 Å². The Hall–Kier alpha value is -1.37. The van der Waals surface area contributed by atoms with Crippen LogP contribution < -0.4 is 0 Å². The Balaban J connectivity index is 2.25. The second-order valence-electron chi connectivity index (χ2n) is 3.53. The van der Waals surface area contributed by atoms with Crippen molar-refractivity contribution in [3.8, 4) is 0 Å². The van der Waals surface area contributed by atoms with Crippen molar-refractivity contribution in [3.05, 3.63) is 53.4 Å². The van der Waals surface area contributed by atoms with E-state index in [1.807, 2.05) is 12.1 Å². The summed E-state index contributed by atoms with van der Waals surface area (Å²) in [4.78, 5) is 0. The lowest BCUT2D eigenvalue weighted by molar-refractivity contribution is 0.627. The highest BCUT2D eigenvalue weighted by Crippen LogP contribution is 2.27. The number of benzene rings is 1. The fourth-order valence-corrected chi connectivity index (χ4v) is 1.67. The first kappa shape index (κ1) is 9.20. The SMILES string of the molecule is CCC1=CC(c2ccc(F)cc2)=CC1. The molecule has 0 aliphatic heterocycles. The summed E-state index contributed by atoms with van der Waals surface area (Å²) in [6, 6.07) is 6.68. The van der Waals surface area contributed by atoms with Crippen LogP contribution in [0.15, 0.2) is 42.0 Å². The molecule has 72 valence electrons. The van der Waals surface area contributed by atoms with Crippen LogP contribution in [0.5, 0.6) is 0 Å². The first-order valence-electron chi connectivity index (χ1n) is 4.95. The van der Waals surface area contributed by atoms with Crippen LogP contribution in [0, 0.1) is 5.82 Å². The van der Waals surface area contributed by atoms with Crippen molar-refractivity contribution in [2.45, 2.75) is 19.8 Å². The second-order valence-corrected chi connectivity index (χ2v) is 3.53. The maximum Gasteiger partial charge on any atom is 0.123 e. The highest BCUT2D eigenvalue weighted by Gasteiger charge is 2.06. The van der Waals surface area contributed by atoms with Gasteiger partial charge in [0.1, 0.15) is 5.82 Å². The van der Waals surface area contributed by atoms with Gasteiger partial charge in [0.25, 0.3) is 0 Å². The predicted molar refractivity (Wildman–Crippen MR) is 57.4 cm³/mol. The predicted octanol–water partition coefficient (Wildman–Crippen LogP) is 3.95. The highest BCUT2D eigenvalue weighted by molar-refractivity contribution is 5.77. The van der Waals surface area contributed by atoms with Crippen molar-refractivity contribution < 1.29 is 4.39 Å². The molecule has 0 amide bonds. The number of hydrogen-bond acceptors (Lipinski definition) is 0. The second kappa shape index (κ2) is 3.79. The zero-order chi connectivity index (χ0) is 9.97. The average molecular weight is 188 g/mol. The molecular weight excluding hydrogens is 175 g/mol. The van der Waals surface area contributed by atoms with E-state index < -0.39 is 0 Å². The van der Waals surface area contributed by atoms with Crippen LogP contribution >= 0.6 is 0 Å². The Labute approximate surface area is 83.8 Å². The lowest BCUT2D eigenvalue weighted by Gasteiger charge is -1.98. The monoisotopic (exact) mass is 188 g/mol. The fourth-order valence-electron chi connectivity index (χ4n) is 1.67. The standard InChI is InChI=1S/C13H13F/c1-2-10-3-4-12(9-10)11-5-7-13(14)8-6-11/h4-9H,2-3H2,1H3. The van der Waals surface area contributed by atoms with Gasteiger partial charge in [-0.25, -0.2) is 4.39 Å². The summed E-state index contributed by atoms with van der Waals surface area (Å²) in [6.45, 7) is 2.16. The van der Waals surface area contributed by atoms with Crippen LogP contribution in [0.25, 0.3) is 5.57 Å². The van der Waals surface area contributed by atoms with Gasteiger partial charge < -0.3 is 0 Å². The lowest BCUT2D eigenvalue weighted by atomic mass is 10.1. The van der Waals surface area contributed by atoms with Gasteiger partial charge in [0.2, 0.25) is 0 Å². The van der Waals surface area contributed by atoms with Gasteiger partial charge in [0.05, 0.1) is 0 Å². The molecule has 0 aromatic heterocycles. The van der Waals surface area contributed by atoms with E-state index >= 15 is 0 Å². The zero-order valence-electron chi connectivity index (χ0n) is 8.26. The molecule has 0 bridgehead atoms. The molecule has 1 aliphatic carbocycles. The Morgan fingerprint density at radius 3 is 2.50 bits per heavy atom. The first-order valence-corrected chi connectivity index (χ1v) is 4.95. The molecule has 1 aromatic rings. The maximum atomic E-state index is 12.7. The van der Waals surface area contributed by atoms with E-state index in [4.69, 9.17) is 0 Å². The summed E-state index contributed by atoms with van der Waals surface area (Å²) >= 11 is 0. The van der Waals surface area contributed by atoms with E-state index in [9.17, 15) is 4.39 Å². The molecular formula is C13H13F. The lowest BCUT2D eigenvalue weighted by Crippen LogP contribution is -1.79. The third-order valence-electron chi connectivity index (χ3n) is 2.58. The quantitative estimate of drug-likeness (QED) is 0.659. The average Bonchev–Trinajstić information content (AvgIpc) is 2.67. The largest absolute Gasteiger partial charge is 0.207 e. The molecule has 2 rings (SSSR count). The Bertz CT molecular complexity index is 382. The molecule has 14 heavy (non-hydrogen) atoms. The van der Waals surface area contributed by atoms with Gasteiger partial charge in [-0.15, -0.1) is 0 Å². The smallest absolute Gasteiger partial charge is 0.123 e. The normalized spacial score (nSPS) is 15.3. The van der Waals surface area contributed by atoms with Crippen molar-refractivity contribution in [1.29, 1.82) is 0 Å². The van der Waals surface area contributed by atoms with E-state index in [0.717, 1.165) is 18.4 Å². The summed E-state index contributed by atoms with van der Waals surface area (Å²) in [7, 11) is 0. The van der Waals surface area contributed by atoms with Crippen molar-refractivity contribution in [1.82, 2.24) is 0 Å². The topological polar surface area (TPSA) is 0 Å². The van der Waals surface area contributed by atoms with Crippen LogP contribution in [0.1, 0.15) is 25.3 Å². The number of allylic oxidation sites excluding steroid dienone is 4. The number of hydrogen-bond donors (Lipinski definition) is 0. The summed E-state index contributed by atoms with van der Waals surface area (Å²) in [5.74, 6) is -0.174. The summed E-state index contributed by atoms with van der Waals surface area (Å²) < 4.78 is 12.7. The number of rotatable bonds is 2. The fraction of sp³-hybridized carbons (Fsp3) is 0.231. The molecule has 0 atom stereocenters. The molecule has 0 heterocycles. The molecule has 0 spiro atoms. The van der Waals surface area contributed by atoms with E-state index in [-0.39, 0.29) is 5.82 Å². The van der Waals surface area contributed by atoms with Gasteiger partial charge in [0, 0.05) is 0 Å². The first-order chi connectivity index (χ1) is 6.79. The molecule has 0 fully saturated rings. The van der Waals surface area contributed by atoms with Crippen molar-refractivity contribution in [2.75, 3.05) is 0 Å². The molecule has 0 N–H and O–H groups in total. The van der Waals surface area contributed by atoms with E-state index in [1.165, 1.54) is 23.3 Å². The molecule has 1 aliphatic rings. The molecule has 0 nitrogen and oxygen atoms in total. The van der Waals surface area contributed by atoms with Crippen LogP contribution in [-0.2, 0) is 0 Å². The minimum Gasteiger partial charge on any atom is -0.207 e. The Morgan fingerprint density at radius 2 is 1.93 bits per heavy atom. The van der Waals surface area contributed by atoms with E-state index in [2.05, 4.69) is 19.1 Å². The minimum atomic E-state index is -0.174. The molecule has 0 saturated heterocycles. The summed E-state index contributed by atoms with van der Waals surface area (Å²) in [6.07, 6.45) is 6.55. The van der Waals surface area contributed by atoms with Gasteiger partial charge in [0.15, 0.2) is 0 Å². The Morgan fingerprint density at radius 1 is 1.21 bits per heavy atom. The molecule has 0 radical (unpaired) electrons. The zero-order valence-corrected chi connectivity index (χ0v) is 8.26. The molecule has 0 saturated carbocycles. The van der Waals surface area contributed by atoms with E-state index in [0.29, 0.717) is 0 Å². The van der Waals surface area contributed by atoms with E-state index in [1.54, 1.807) is 0 Å². The summed E-state index contributed by atoms with van der Waals surface area (Å²) in [5, 5.41) is 0. The molecule has 1 heteroatoms. The summed E-state index contributed by atoms with van der Waals surface area (Å²) in [5.41, 5.74) is 3.78. The van der Waals surface area contributed by atoms with Crippen LogP contribution in [0.3, 0.4) is 0 Å². The van der Waals surface area contributed by atoms with Gasteiger partial charge in [-0.05, 0) is 36.1 Å². The maximum absolute atomic E-state index is 12.7. The van der Waals surface area contributed by atoms with Crippen molar-refractivity contribution >= 4 is 5.57 Å². The number of halogens is 1. The minimum absolute atomic E-state index is 0.174. The van der Waals surface area contributed by atoms with Gasteiger partial charge in [-0.3, -0.25) is 0 Å².